The molecule has 2 aromatic rings. The van der Waals surface area contributed by atoms with Crippen molar-refractivity contribution in [3.8, 4) is 0 Å². The number of oxazole rings is 1. The molecule has 0 saturated heterocycles. The average molecular weight is 264 g/mol. The van der Waals surface area contributed by atoms with Crippen LogP contribution in [0.25, 0.3) is 11.1 Å². The molecule has 0 atom stereocenters. The highest BCUT2D eigenvalue weighted by molar-refractivity contribution is 5.86. The Kier molecular flexibility index (Phi) is 3.99. The fourth-order valence-electron chi connectivity index (χ4n) is 1.97. The van der Waals surface area contributed by atoms with Crippen molar-refractivity contribution in [1.29, 1.82) is 0 Å². The molecule has 3 N–H and O–H groups in total. The summed E-state index contributed by atoms with van der Waals surface area (Å²) in [5, 5.41) is 16.5. The molecular weight excluding hydrogens is 244 g/mol. The summed E-state index contributed by atoms with van der Waals surface area (Å²) in [6, 6.07) is 3.73. The van der Waals surface area contributed by atoms with Crippen LogP contribution >= 0.6 is 0 Å². The second-order valence-corrected chi connectivity index (χ2v) is 4.10. The fraction of sp³-hybridized carbons (Fsp3) is 0.462. The molecule has 2 rings (SSSR count). The van der Waals surface area contributed by atoms with Crippen molar-refractivity contribution in [1.82, 2.24) is 4.73 Å². The molecule has 1 aromatic carbocycles. The van der Waals surface area contributed by atoms with Crippen molar-refractivity contribution < 1.29 is 9.62 Å². The van der Waals surface area contributed by atoms with Crippen molar-refractivity contribution in [2.24, 2.45) is 4.99 Å². The molecule has 0 aliphatic heterocycles. The van der Waals surface area contributed by atoms with E-state index in [1.165, 1.54) is 0 Å². The lowest BCUT2D eigenvalue weighted by Crippen LogP contribution is -2.13. The van der Waals surface area contributed by atoms with Crippen LogP contribution in [0.15, 0.2) is 21.5 Å². The number of nitrogens with zero attached hydrogens (tertiary/aromatic N) is 2. The van der Waals surface area contributed by atoms with E-state index in [4.69, 9.17) is 4.42 Å². The molecular formula is C13H20N4O2. The van der Waals surface area contributed by atoms with Gasteiger partial charge in [-0.15, -0.1) is 4.73 Å². The van der Waals surface area contributed by atoms with Crippen LogP contribution in [0.1, 0.15) is 20.8 Å². The quantitative estimate of drug-likeness (QED) is 0.724. The summed E-state index contributed by atoms with van der Waals surface area (Å²) in [5.74, 6) is 0. The Bertz CT molecular complexity index is 627. The lowest BCUT2D eigenvalue weighted by atomic mass is 10.2. The first-order valence-corrected chi connectivity index (χ1v) is 6.58. The first-order chi connectivity index (χ1) is 9.21. The zero-order chi connectivity index (χ0) is 13.8. The largest absolute Gasteiger partial charge is 0.424 e. The number of fused-ring (bicyclic) bond motifs is 1. The van der Waals surface area contributed by atoms with Crippen LogP contribution in [0.3, 0.4) is 0 Å². The summed E-state index contributed by atoms with van der Waals surface area (Å²) < 4.78 is 6.52. The summed E-state index contributed by atoms with van der Waals surface area (Å²) in [6.45, 7) is 8.13. The molecule has 0 fully saturated rings. The van der Waals surface area contributed by atoms with Gasteiger partial charge in [-0.2, -0.15) is 0 Å². The first kappa shape index (κ1) is 13.3. The van der Waals surface area contributed by atoms with Gasteiger partial charge in [0.15, 0.2) is 5.58 Å². The maximum atomic E-state index is 10.0. The molecule has 1 heterocycles. The molecule has 0 spiro atoms. The summed E-state index contributed by atoms with van der Waals surface area (Å²) in [4.78, 5) is 4.10. The molecule has 6 nitrogen and oxygen atoms in total. The van der Waals surface area contributed by atoms with Crippen LogP contribution in [0.4, 0.5) is 11.4 Å². The van der Waals surface area contributed by atoms with Gasteiger partial charge in [0.25, 0.3) is 0 Å². The Hall–Kier alpha value is -2.11. The second kappa shape index (κ2) is 5.69. The number of rotatable bonds is 5. The predicted molar refractivity (Wildman–Crippen MR) is 75.8 cm³/mol. The maximum Gasteiger partial charge on any atom is 0.331 e. The Morgan fingerprint density at radius 2 is 1.79 bits per heavy atom. The molecule has 19 heavy (non-hydrogen) atoms. The van der Waals surface area contributed by atoms with Crippen LogP contribution < -0.4 is 16.3 Å². The van der Waals surface area contributed by atoms with Crippen molar-refractivity contribution in [3.63, 3.8) is 0 Å². The highest BCUT2D eigenvalue weighted by Crippen LogP contribution is 2.27. The van der Waals surface area contributed by atoms with E-state index in [-0.39, 0.29) is 5.68 Å². The first-order valence-electron chi connectivity index (χ1n) is 6.58. The van der Waals surface area contributed by atoms with Gasteiger partial charge in [-0.3, -0.25) is 0 Å². The van der Waals surface area contributed by atoms with Gasteiger partial charge in [-0.25, -0.2) is 4.99 Å². The molecule has 0 bridgehead atoms. The molecule has 0 amide bonds. The maximum absolute atomic E-state index is 10.0. The predicted octanol–water partition coefficient (Wildman–Crippen LogP) is 2.26. The molecule has 0 saturated carbocycles. The number of aromatic nitrogens is 1. The van der Waals surface area contributed by atoms with Crippen molar-refractivity contribution >= 4 is 22.5 Å². The molecule has 6 heteroatoms. The van der Waals surface area contributed by atoms with E-state index in [1.54, 1.807) is 0 Å². The van der Waals surface area contributed by atoms with Gasteiger partial charge in [0, 0.05) is 25.7 Å². The van der Waals surface area contributed by atoms with Crippen molar-refractivity contribution in [3.05, 3.63) is 17.8 Å². The Labute approximate surface area is 111 Å². The lowest BCUT2D eigenvalue weighted by Gasteiger charge is -2.11. The van der Waals surface area contributed by atoms with Gasteiger partial charge in [0.1, 0.15) is 5.52 Å². The number of anilines is 2. The van der Waals surface area contributed by atoms with E-state index in [0.29, 0.717) is 17.6 Å². The van der Waals surface area contributed by atoms with Crippen molar-refractivity contribution in [2.45, 2.75) is 20.8 Å². The lowest BCUT2D eigenvalue weighted by molar-refractivity contribution is 0.167. The highest BCUT2D eigenvalue weighted by Gasteiger charge is 2.11. The summed E-state index contributed by atoms with van der Waals surface area (Å²) >= 11 is 0. The SMILES string of the molecule is CCN=c1oc2cc(NCC)c(NCC)cc2n1O. The van der Waals surface area contributed by atoms with E-state index >= 15 is 0 Å². The van der Waals surface area contributed by atoms with Crippen LogP contribution in [0.5, 0.6) is 0 Å². The second-order valence-electron chi connectivity index (χ2n) is 4.10. The molecule has 0 unspecified atom stereocenters. The zero-order valence-electron chi connectivity index (χ0n) is 11.5. The third kappa shape index (κ3) is 2.52. The normalized spacial score (nSPS) is 12.1. The summed E-state index contributed by atoms with van der Waals surface area (Å²) in [6.07, 6.45) is 0. The molecule has 0 aliphatic rings. The van der Waals surface area contributed by atoms with Gasteiger partial charge >= 0.3 is 5.68 Å². The van der Waals surface area contributed by atoms with E-state index in [1.807, 2.05) is 32.9 Å². The third-order valence-corrected chi connectivity index (χ3v) is 2.74. The molecule has 0 aliphatic carbocycles. The molecule has 104 valence electrons. The Balaban J connectivity index is 2.63. The van der Waals surface area contributed by atoms with Crippen molar-refractivity contribution in [2.75, 3.05) is 30.3 Å². The zero-order valence-corrected chi connectivity index (χ0v) is 11.5. The van der Waals surface area contributed by atoms with Gasteiger partial charge in [0.2, 0.25) is 0 Å². The van der Waals surface area contributed by atoms with Crippen LogP contribution in [-0.4, -0.2) is 29.6 Å². The highest BCUT2D eigenvalue weighted by atomic mass is 16.5. The van der Waals surface area contributed by atoms with E-state index in [0.717, 1.165) is 29.2 Å². The number of benzene rings is 1. The summed E-state index contributed by atoms with van der Waals surface area (Å²) in [5.41, 5.74) is 3.31. The van der Waals surface area contributed by atoms with E-state index in [9.17, 15) is 5.21 Å². The fourth-order valence-corrected chi connectivity index (χ4v) is 1.97. The van der Waals surface area contributed by atoms with E-state index < -0.39 is 0 Å². The van der Waals surface area contributed by atoms with Gasteiger partial charge < -0.3 is 20.3 Å². The van der Waals surface area contributed by atoms with Crippen LogP contribution in [-0.2, 0) is 0 Å². The number of hydrogen-bond acceptors (Lipinski definition) is 5. The van der Waals surface area contributed by atoms with E-state index in [2.05, 4.69) is 15.6 Å². The monoisotopic (exact) mass is 264 g/mol. The average Bonchev–Trinajstić information content (AvgIpc) is 2.68. The molecule has 0 radical (unpaired) electrons. The van der Waals surface area contributed by atoms with Crippen LogP contribution in [0, 0.1) is 0 Å². The minimum Gasteiger partial charge on any atom is -0.424 e. The number of nitrogens with one attached hydrogen (secondary N) is 2. The Morgan fingerprint density at radius 3 is 2.37 bits per heavy atom. The van der Waals surface area contributed by atoms with Crippen LogP contribution in [0.2, 0.25) is 0 Å². The van der Waals surface area contributed by atoms with Gasteiger partial charge in [-0.05, 0) is 26.8 Å². The minimum absolute atomic E-state index is 0.216. The third-order valence-electron chi connectivity index (χ3n) is 2.74. The smallest absolute Gasteiger partial charge is 0.331 e. The molecule has 1 aromatic heterocycles. The topological polar surface area (TPSA) is 74.7 Å². The Morgan fingerprint density at radius 1 is 1.16 bits per heavy atom. The minimum atomic E-state index is 0.216. The number of hydrogen-bond donors (Lipinski definition) is 3. The van der Waals surface area contributed by atoms with Gasteiger partial charge in [-0.1, -0.05) is 0 Å². The standard InChI is InChI=1S/C13H20N4O2/c1-4-14-9-7-11-12(8-10(9)15-5-2)19-13(16-6-3)17(11)18/h7-8,14-15,18H,4-6H2,1-3H3. The summed E-state index contributed by atoms with van der Waals surface area (Å²) in [7, 11) is 0. The van der Waals surface area contributed by atoms with Gasteiger partial charge in [0.05, 0.1) is 11.4 Å².